The molecule has 138 valence electrons. The Bertz CT molecular complexity index is 787. The number of hydrogen-bond donors (Lipinski definition) is 1. The topological polar surface area (TPSA) is 83.7 Å². The van der Waals surface area contributed by atoms with Gasteiger partial charge >= 0.3 is 0 Å². The van der Waals surface area contributed by atoms with Crippen molar-refractivity contribution in [2.45, 2.75) is 49.5 Å². The summed E-state index contributed by atoms with van der Waals surface area (Å²) in [6.45, 7) is 2.55. The molecule has 2 aliphatic rings. The first kappa shape index (κ1) is 18.4. The molecule has 1 saturated carbocycles. The molecule has 0 bridgehead atoms. The number of fused-ring (bicyclic) bond motifs is 1. The third-order valence-electron chi connectivity index (χ3n) is 5.55. The van der Waals surface area contributed by atoms with Crippen molar-refractivity contribution in [3.05, 3.63) is 23.8 Å². The van der Waals surface area contributed by atoms with Gasteiger partial charge in [0.25, 0.3) is 0 Å². The Morgan fingerprint density at radius 2 is 2.04 bits per heavy atom. The Hall–Kier alpha value is -1.44. The maximum absolute atomic E-state index is 13.2. The lowest BCUT2D eigenvalue weighted by Gasteiger charge is -2.39. The van der Waals surface area contributed by atoms with Gasteiger partial charge in [0.05, 0.1) is 10.8 Å². The minimum Gasteiger partial charge on any atom is -0.325 e. The summed E-state index contributed by atoms with van der Waals surface area (Å²) in [5, 5.41) is 0. The number of nitrogens with zero attached hydrogens (tertiary/aromatic N) is 2. The molecule has 3 rings (SSSR count). The van der Waals surface area contributed by atoms with Crippen LogP contribution in [-0.4, -0.2) is 44.8 Å². The average Bonchev–Trinajstić information content (AvgIpc) is 2.96. The van der Waals surface area contributed by atoms with Crippen LogP contribution >= 0.6 is 0 Å². The van der Waals surface area contributed by atoms with Gasteiger partial charge in [0, 0.05) is 31.9 Å². The van der Waals surface area contributed by atoms with Crippen LogP contribution in [0.2, 0.25) is 0 Å². The van der Waals surface area contributed by atoms with E-state index in [0.29, 0.717) is 12.2 Å². The van der Waals surface area contributed by atoms with Gasteiger partial charge in [-0.25, -0.2) is 12.7 Å². The van der Waals surface area contributed by atoms with E-state index in [0.717, 1.165) is 37.7 Å². The molecule has 1 heterocycles. The van der Waals surface area contributed by atoms with E-state index in [-0.39, 0.29) is 16.7 Å². The van der Waals surface area contributed by atoms with Gasteiger partial charge in [-0.1, -0.05) is 18.9 Å². The number of rotatable bonds is 3. The molecule has 1 fully saturated rings. The summed E-state index contributed by atoms with van der Waals surface area (Å²) >= 11 is 0. The van der Waals surface area contributed by atoms with Crippen molar-refractivity contribution < 1.29 is 13.2 Å². The normalized spacial score (nSPS) is 26.8. The summed E-state index contributed by atoms with van der Waals surface area (Å²) < 4.78 is 26.0. The molecule has 1 aromatic rings. The van der Waals surface area contributed by atoms with Crippen LogP contribution in [0, 0.1) is 5.92 Å². The summed E-state index contributed by atoms with van der Waals surface area (Å²) in [5.74, 6) is -0.177. The minimum absolute atomic E-state index is 0.0304. The van der Waals surface area contributed by atoms with Crippen molar-refractivity contribution in [3.8, 4) is 0 Å². The van der Waals surface area contributed by atoms with E-state index in [2.05, 4.69) is 0 Å². The number of sulfonamides is 1. The molecule has 25 heavy (non-hydrogen) atoms. The van der Waals surface area contributed by atoms with Crippen LogP contribution in [0.3, 0.4) is 0 Å². The third-order valence-corrected chi connectivity index (χ3v) is 7.36. The zero-order valence-corrected chi connectivity index (χ0v) is 16.0. The summed E-state index contributed by atoms with van der Waals surface area (Å²) in [6, 6.07) is 5.07. The molecule has 0 aromatic heterocycles. The van der Waals surface area contributed by atoms with Crippen LogP contribution in [0.1, 0.15) is 38.2 Å². The van der Waals surface area contributed by atoms with Crippen LogP contribution in [-0.2, 0) is 21.2 Å². The first-order valence-electron chi connectivity index (χ1n) is 8.80. The van der Waals surface area contributed by atoms with E-state index in [9.17, 15) is 13.2 Å². The monoisotopic (exact) mass is 365 g/mol. The number of carbonyl (C=O) groups excluding carboxylic acids is 1. The number of anilines is 1. The smallest absolute Gasteiger partial charge is 0.242 e. The number of nitrogens with two attached hydrogens (primary N) is 1. The summed E-state index contributed by atoms with van der Waals surface area (Å²) in [4.78, 5) is 15.1. The van der Waals surface area contributed by atoms with Crippen LogP contribution in [0.25, 0.3) is 0 Å². The summed E-state index contributed by atoms with van der Waals surface area (Å²) in [6.07, 6.45) is 4.46. The van der Waals surface area contributed by atoms with Crippen molar-refractivity contribution in [3.63, 3.8) is 0 Å². The Labute approximate surface area is 150 Å². The molecule has 0 radical (unpaired) electrons. The molecular weight excluding hydrogens is 338 g/mol. The molecule has 0 spiro atoms. The maximum Gasteiger partial charge on any atom is 0.242 e. The fourth-order valence-corrected chi connectivity index (χ4v) is 4.83. The number of benzene rings is 1. The Kier molecular flexibility index (Phi) is 4.68. The van der Waals surface area contributed by atoms with Crippen LogP contribution in [0.15, 0.2) is 23.1 Å². The first-order chi connectivity index (χ1) is 11.6. The molecule has 1 aliphatic heterocycles. The molecule has 2 N–H and O–H groups in total. The van der Waals surface area contributed by atoms with Gasteiger partial charge in [0.1, 0.15) is 0 Å². The standard InChI is InChI=1S/C18H27N3O3S/c1-18(19)10-5-4-6-15(18)17(22)21-11-9-13-7-8-14(12-16(13)21)25(23,24)20(2)3/h7-8,12,15H,4-6,9-11,19H2,1-3H3. The predicted molar refractivity (Wildman–Crippen MR) is 97.9 cm³/mol. The fourth-order valence-electron chi connectivity index (χ4n) is 3.91. The third kappa shape index (κ3) is 3.20. The van der Waals surface area contributed by atoms with E-state index < -0.39 is 15.6 Å². The lowest BCUT2D eigenvalue weighted by atomic mass is 9.74. The highest BCUT2D eigenvalue weighted by Crippen LogP contribution is 2.37. The highest BCUT2D eigenvalue weighted by molar-refractivity contribution is 7.89. The van der Waals surface area contributed by atoms with Gasteiger partial charge in [-0.15, -0.1) is 0 Å². The van der Waals surface area contributed by atoms with Gasteiger partial charge < -0.3 is 10.6 Å². The van der Waals surface area contributed by atoms with E-state index in [4.69, 9.17) is 5.73 Å². The second-order valence-electron chi connectivity index (χ2n) is 7.62. The van der Waals surface area contributed by atoms with E-state index in [1.165, 1.54) is 18.4 Å². The fraction of sp³-hybridized carbons (Fsp3) is 0.611. The molecule has 2 atom stereocenters. The lowest BCUT2D eigenvalue weighted by molar-refractivity contribution is -0.125. The summed E-state index contributed by atoms with van der Waals surface area (Å²) in [5.41, 5.74) is 7.64. The van der Waals surface area contributed by atoms with Crippen molar-refractivity contribution in [1.29, 1.82) is 0 Å². The highest BCUT2D eigenvalue weighted by Gasteiger charge is 2.41. The first-order valence-corrected chi connectivity index (χ1v) is 10.2. The Morgan fingerprint density at radius 3 is 2.68 bits per heavy atom. The van der Waals surface area contributed by atoms with Gasteiger partial charge in [-0.05, 0) is 43.9 Å². The summed E-state index contributed by atoms with van der Waals surface area (Å²) in [7, 11) is -0.510. The second-order valence-corrected chi connectivity index (χ2v) is 9.77. The molecule has 6 nitrogen and oxygen atoms in total. The second kappa shape index (κ2) is 6.37. The number of hydrogen-bond acceptors (Lipinski definition) is 4. The largest absolute Gasteiger partial charge is 0.325 e. The molecule has 0 saturated heterocycles. The highest BCUT2D eigenvalue weighted by atomic mass is 32.2. The molecule has 7 heteroatoms. The van der Waals surface area contributed by atoms with Crippen molar-refractivity contribution in [2.75, 3.05) is 25.5 Å². The predicted octanol–water partition coefficient (Wildman–Crippen LogP) is 1.73. The molecule has 2 unspecified atom stereocenters. The van der Waals surface area contributed by atoms with Crippen molar-refractivity contribution in [1.82, 2.24) is 4.31 Å². The van der Waals surface area contributed by atoms with Crippen LogP contribution < -0.4 is 10.6 Å². The van der Waals surface area contributed by atoms with E-state index in [1.807, 2.05) is 13.0 Å². The van der Waals surface area contributed by atoms with E-state index in [1.54, 1.807) is 17.0 Å². The quantitative estimate of drug-likeness (QED) is 0.884. The van der Waals surface area contributed by atoms with E-state index >= 15 is 0 Å². The van der Waals surface area contributed by atoms with Crippen LogP contribution in [0.4, 0.5) is 5.69 Å². The van der Waals surface area contributed by atoms with Gasteiger partial charge in [-0.2, -0.15) is 0 Å². The maximum atomic E-state index is 13.2. The number of carbonyl (C=O) groups is 1. The molecular formula is C18H27N3O3S. The Balaban J connectivity index is 1.94. The molecule has 1 aliphatic carbocycles. The van der Waals surface area contributed by atoms with Gasteiger partial charge in [0.15, 0.2) is 0 Å². The minimum atomic E-state index is -3.52. The van der Waals surface area contributed by atoms with Crippen LogP contribution in [0.5, 0.6) is 0 Å². The Morgan fingerprint density at radius 1 is 1.32 bits per heavy atom. The zero-order chi connectivity index (χ0) is 18.4. The average molecular weight is 365 g/mol. The zero-order valence-electron chi connectivity index (χ0n) is 15.2. The van der Waals surface area contributed by atoms with Gasteiger partial charge in [0.2, 0.25) is 15.9 Å². The van der Waals surface area contributed by atoms with Gasteiger partial charge in [-0.3, -0.25) is 4.79 Å². The molecule has 1 amide bonds. The SMILES string of the molecule is CN(C)S(=O)(=O)c1ccc2c(c1)N(C(=O)C1CCCCC1(C)N)CC2. The lowest BCUT2D eigenvalue weighted by Crippen LogP contribution is -2.53. The van der Waals surface area contributed by atoms with Crippen molar-refractivity contribution in [2.24, 2.45) is 11.7 Å². The number of amides is 1. The van der Waals surface area contributed by atoms with Crippen molar-refractivity contribution >= 4 is 21.6 Å². The molecule has 1 aromatic carbocycles.